The van der Waals surface area contributed by atoms with Crippen molar-refractivity contribution in [3.63, 3.8) is 0 Å². The molecule has 140 valence electrons. The summed E-state index contributed by atoms with van der Waals surface area (Å²) in [5.74, 6) is -2.60. The van der Waals surface area contributed by atoms with Crippen molar-refractivity contribution >= 4 is 29.1 Å². The fourth-order valence-electron chi connectivity index (χ4n) is 4.42. The van der Waals surface area contributed by atoms with Gasteiger partial charge in [-0.3, -0.25) is 19.8 Å². The van der Waals surface area contributed by atoms with E-state index in [1.54, 1.807) is 19.1 Å². The second-order valence-corrected chi connectivity index (χ2v) is 7.71. The van der Waals surface area contributed by atoms with E-state index in [9.17, 15) is 14.4 Å². The summed E-state index contributed by atoms with van der Waals surface area (Å²) >= 11 is 1.50. The third-order valence-electron chi connectivity index (χ3n) is 5.55. The number of amides is 2. The molecule has 0 aliphatic carbocycles. The van der Waals surface area contributed by atoms with Crippen molar-refractivity contribution in [3.05, 3.63) is 58.3 Å². The zero-order chi connectivity index (χ0) is 19.2. The predicted molar refractivity (Wildman–Crippen MR) is 99.7 cm³/mol. The monoisotopic (exact) mass is 384 g/mol. The number of carbonyl (C=O) groups excluding carboxylic acids is 3. The van der Waals surface area contributed by atoms with E-state index in [1.807, 2.05) is 35.7 Å². The molecule has 4 atom stereocenters. The lowest BCUT2D eigenvalue weighted by atomic mass is 9.75. The second kappa shape index (κ2) is 6.58. The number of likely N-dealkylation sites (tertiary alicyclic amines) is 1. The van der Waals surface area contributed by atoms with E-state index < -0.39 is 29.4 Å². The van der Waals surface area contributed by atoms with Gasteiger partial charge in [0.25, 0.3) is 0 Å². The number of thiophene rings is 1. The Morgan fingerprint density at radius 1 is 1.19 bits per heavy atom. The summed E-state index contributed by atoms with van der Waals surface area (Å²) in [6.45, 7) is 2.06. The molecule has 7 heteroatoms. The Morgan fingerprint density at radius 3 is 2.52 bits per heavy atom. The molecule has 1 aromatic carbocycles. The summed E-state index contributed by atoms with van der Waals surface area (Å²) < 4.78 is 5.14. The molecule has 27 heavy (non-hydrogen) atoms. The molecule has 0 saturated carbocycles. The van der Waals surface area contributed by atoms with Crippen LogP contribution in [-0.2, 0) is 24.7 Å². The van der Waals surface area contributed by atoms with Crippen LogP contribution in [0.2, 0.25) is 0 Å². The predicted octanol–water partition coefficient (Wildman–Crippen LogP) is 2.08. The van der Waals surface area contributed by atoms with Gasteiger partial charge in [-0.05, 0) is 23.9 Å². The van der Waals surface area contributed by atoms with Crippen LogP contribution in [-0.4, -0.2) is 36.3 Å². The van der Waals surface area contributed by atoms with Crippen molar-refractivity contribution in [2.75, 3.05) is 13.7 Å². The largest absolute Gasteiger partial charge is 0.467 e. The van der Waals surface area contributed by atoms with Crippen LogP contribution in [0.3, 0.4) is 0 Å². The van der Waals surface area contributed by atoms with Crippen LogP contribution in [0.5, 0.6) is 0 Å². The van der Waals surface area contributed by atoms with Crippen molar-refractivity contribution in [1.29, 1.82) is 0 Å². The maximum Gasteiger partial charge on any atom is 0.331 e. The highest BCUT2D eigenvalue weighted by Crippen LogP contribution is 2.53. The number of carbonyl (C=O) groups is 3. The minimum atomic E-state index is -1.40. The van der Waals surface area contributed by atoms with E-state index >= 15 is 0 Å². The molecule has 0 bridgehead atoms. The first-order chi connectivity index (χ1) is 13.1. The van der Waals surface area contributed by atoms with Gasteiger partial charge in [0.2, 0.25) is 11.8 Å². The van der Waals surface area contributed by atoms with Gasteiger partial charge >= 0.3 is 5.97 Å². The summed E-state index contributed by atoms with van der Waals surface area (Å²) in [5.41, 5.74) is -0.767. The van der Waals surface area contributed by atoms with Gasteiger partial charge in [-0.15, -0.1) is 11.3 Å². The lowest BCUT2D eigenvalue weighted by molar-refractivity contribution is -0.154. The quantitative estimate of drug-likeness (QED) is 0.645. The molecule has 2 aliphatic heterocycles. The number of hydrogen-bond donors (Lipinski definition) is 1. The van der Waals surface area contributed by atoms with Crippen molar-refractivity contribution in [1.82, 2.24) is 10.2 Å². The lowest BCUT2D eigenvalue weighted by Gasteiger charge is -2.32. The van der Waals surface area contributed by atoms with Crippen LogP contribution >= 0.6 is 11.3 Å². The second-order valence-electron chi connectivity index (χ2n) is 6.73. The van der Waals surface area contributed by atoms with Gasteiger partial charge in [-0.25, -0.2) is 4.79 Å². The number of imide groups is 1. The van der Waals surface area contributed by atoms with Crippen molar-refractivity contribution in [2.45, 2.75) is 18.5 Å². The maximum atomic E-state index is 13.2. The maximum absolute atomic E-state index is 13.2. The Hall–Kier alpha value is -2.51. The number of methoxy groups -OCH3 is 1. The van der Waals surface area contributed by atoms with Crippen LogP contribution < -0.4 is 5.32 Å². The van der Waals surface area contributed by atoms with Crippen molar-refractivity contribution in [3.8, 4) is 0 Å². The van der Waals surface area contributed by atoms with Crippen molar-refractivity contribution < 1.29 is 19.1 Å². The van der Waals surface area contributed by atoms with Gasteiger partial charge in [0, 0.05) is 11.4 Å². The molecule has 0 radical (unpaired) electrons. The zero-order valence-corrected chi connectivity index (χ0v) is 15.9. The Kier molecular flexibility index (Phi) is 4.36. The highest BCUT2D eigenvalue weighted by atomic mass is 32.1. The number of hydrogen-bond acceptors (Lipinski definition) is 6. The molecule has 2 saturated heterocycles. The number of ether oxygens (including phenoxy) is 1. The molecule has 0 spiro atoms. The number of rotatable bonds is 4. The smallest absolute Gasteiger partial charge is 0.331 e. The van der Waals surface area contributed by atoms with Gasteiger partial charge in [-0.2, -0.15) is 0 Å². The molecule has 2 amide bonds. The normalized spacial score (nSPS) is 29.9. The highest BCUT2D eigenvalue weighted by molar-refractivity contribution is 7.10. The Labute approximate surface area is 161 Å². The van der Waals surface area contributed by atoms with E-state index in [-0.39, 0.29) is 18.4 Å². The average molecular weight is 384 g/mol. The third-order valence-corrected chi connectivity index (χ3v) is 6.51. The molecular weight excluding hydrogens is 364 g/mol. The molecule has 2 fully saturated rings. The summed E-state index contributed by atoms with van der Waals surface area (Å²) in [7, 11) is 1.31. The van der Waals surface area contributed by atoms with Gasteiger partial charge < -0.3 is 4.74 Å². The van der Waals surface area contributed by atoms with Gasteiger partial charge in [0.1, 0.15) is 0 Å². The molecular formula is C20H20N2O4S. The fourth-order valence-corrected chi connectivity index (χ4v) is 5.25. The fraction of sp³-hybridized carbons (Fsp3) is 0.350. The number of fused-ring (bicyclic) bond motifs is 1. The van der Waals surface area contributed by atoms with Crippen LogP contribution in [0, 0.1) is 11.8 Å². The Bertz CT molecular complexity index is 883. The van der Waals surface area contributed by atoms with Gasteiger partial charge in [0.05, 0.1) is 25.0 Å². The third kappa shape index (κ3) is 2.38. The lowest BCUT2D eigenvalue weighted by Crippen LogP contribution is -2.53. The highest BCUT2D eigenvalue weighted by Gasteiger charge is 2.69. The molecule has 2 aliphatic rings. The summed E-state index contributed by atoms with van der Waals surface area (Å²) in [5, 5.41) is 5.27. The Morgan fingerprint density at radius 2 is 1.93 bits per heavy atom. The first-order valence-corrected chi connectivity index (χ1v) is 9.74. The van der Waals surface area contributed by atoms with Gasteiger partial charge in [0.15, 0.2) is 5.54 Å². The topological polar surface area (TPSA) is 75.7 Å². The number of nitrogens with zero attached hydrogens (tertiary/aromatic N) is 1. The summed E-state index contributed by atoms with van der Waals surface area (Å²) in [4.78, 5) is 41.6. The average Bonchev–Trinajstić information content (AvgIpc) is 3.39. The molecule has 3 heterocycles. The molecule has 0 unspecified atom stereocenters. The molecule has 1 aromatic heterocycles. The first-order valence-electron chi connectivity index (χ1n) is 8.86. The van der Waals surface area contributed by atoms with E-state index in [1.165, 1.54) is 23.3 Å². The number of esters is 1. The number of benzene rings is 1. The van der Waals surface area contributed by atoms with Crippen LogP contribution in [0.1, 0.15) is 23.4 Å². The Balaban J connectivity index is 1.95. The van der Waals surface area contributed by atoms with E-state index in [0.717, 1.165) is 4.88 Å². The molecule has 1 N–H and O–H groups in total. The standard InChI is InChI=1S/C20H20N2O4S/c1-3-22-17(23)14-15(18(22)24)20(19(25)26-2,12-8-5-4-6-9-12)21-16(14)13-10-7-11-27-13/h4-11,14-16,21H,3H2,1-2H3/t14-,15+,16+,20-/m1/s1. The first kappa shape index (κ1) is 17.9. The summed E-state index contributed by atoms with van der Waals surface area (Å²) in [6.07, 6.45) is 0. The van der Waals surface area contributed by atoms with Crippen LogP contribution in [0.4, 0.5) is 0 Å². The van der Waals surface area contributed by atoms with Crippen LogP contribution in [0.15, 0.2) is 47.8 Å². The summed E-state index contributed by atoms with van der Waals surface area (Å²) in [6, 6.07) is 12.5. The number of nitrogens with one attached hydrogen (secondary N) is 1. The molecule has 2 aromatic rings. The van der Waals surface area contributed by atoms with E-state index in [2.05, 4.69) is 5.32 Å². The minimum Gasteiger partial charge on any atom is -0.467 e. The zero-order valence-electron chi connectivity index (χ0n) is 15.0. The minimum absolute atomic E-state index is 0.236. The van der Waals surface area contributed by atoms with E-state index in [0.29, 0.717) is 5.56 Å². The molecule has 6 nitrogen and oxygen atoms in total. The van der Waals surface area contributed by atoms with Crippen molar-refractivity contribution in [2.24, 2.45) is 11.8 Å². The van der Waals surface area contributed by atoms with Crippen LogP contribution in [0.25, 0.3) is 0 Å². The van der Waals surface area contributed by atoms with Gasteiger partial charge in [-0.1, -0.05) is 36.4 Å². The van der Waals surface area contributed by atoms with E-state index in [4.69, 9.17) is 4.74 Å². The SMILES string of the molecule is CCN1C(=O)[C@@H]2[C@@H](C1=O)[C@@](C(=O)OC)(c1ccccc1)N[C@H]2c1cccs1. The molecule has 4 rings (SSSR count).